The van der Waals surface area contributed by atoms with E-state index in [9.17, 15) is 14.7 Å². The molecule has 0 aliphatic heterocycles. The van der Waals surface area contributed by atoms with Crippen molar-refractivity contribution in [2.75, 3.05) is 6.61 Å². The van der Waals surface area contributed by atoms with Crippen LogP contribution in [0.1, 0.15) is 52.7 Å². The summed E-state index contributed by atoms with van der Waals surface area (Å²) in [5.74, 6) is -0.342. The summed E-state index contributed by atoms with van der Waals surface area (Å²) in [7, 11) is 0. The fourth-order valence-corrected chi connectivity index (χ4v) is 3.16. The molecule has 1 aromatic rings. The van der Waals surface area contributed by atoms with Crippen molar-refractivity contribution < 1.29 is 28.9 Å². The molecular formula is C20H30INO6. The van der Waals surface area contributed by atoms with E-state index in [1.165, 1.54) is 0 Å². The van der Waals surface area contributed by atoms with Crippen LogP contribution in [-0.2, 0) is 32.0 Å². The van der Waals surface area contributed by atoms with Gasteiger partial charge in [-0.25, -0.2) is 9.59 Å². The first-order chi connectivity index (χ1) is 12.9. The molecule has 2 N–H and O–H groups in total. The van der Waals surface area contributed by atoms with E-state index in [0.717, 1.165) is 5.56 Å². The molecule has 1 unspecified atom stereocenters. The summed E-state index contributed by atoms with van der Waals surface area (Å²) in [5, 5.41) is 12.9. The molecule has 0 radical (unpaired) electrons. The number of phenolic OH excluding ortho intramolecular Hbond substituents is 1. The van der Waals surface area contributed by atoms with Crippen molar-refractivity contribution in [3.8, 4) is 5.75 Å². The van der Waals surface area contributed by atoms with Crippen LogP contribution in [0, 0.1) is 3.57 Å². The normalized spacial score (nSPS) is 12.6. The Morgan fingerprint density at radius 3 is 2.43 bits per heavy atom. The zero-order chi connectivity index (χ0) is 21.5. The van der Waals surface area contributed by atoms with Gasteiger partial charge < -0.3 is 24.6 Å². The fourth-order valence-electron chi connectivity index (χ4n) is 2.42. The number of alkyl carbamates (subject to hydrolysis) is 1. The molecule has 28 heavy (non-hydrogen) atoms. The van der Waals surface area contributed by atoms with Crippen molar-refractivity contribution in [2.45, 2.75) is 72.3 Å². The highest BCUT2D eigenvalue weighted by atomic mass is 127. The fraction of sp³-hybridized carbons (Fsp3) is 0.600. The third-order valence-electron chi connectivity index (χ3n) is 3.43. The largest absolute Gasteiger partial charge is 0.506 e. The quantitative estimate of drug-likeness (QED) is 0.409. The van der Waals surface area contributed by atoms with Crippen LogP contribution in [0.5, 0.6) is 5.75 Å². The number of halogens is 1. The van der Waals surface area contributed by atoms with Crippen LogP contribution in [-0.4, -0.2) is 41.6 Å². The van der Waals surface area contributed by atoms with E-state index >= 15 is 0 Å². The Bertz CT molecular complexity index is 684. The van der Waals surface area contributed by atoms with Crippen LogP contribution in [0.15, 0.2) is 12.1 Å². The maximum atomic E-state index is 12.2. The molecule has 0 aromatic heterocycles. The third kappa shape index (κ3) is 8.64. The summed E-state index contributed by atoms with van der Waals surface area (Å²) < 4.78 is 16.6. The predicted octanol–water partition coefficient (Wildman–Crippen LogP) is 3.92. The van der Waals surface area contributed by atoms with Crippen LogP contribution in [0.4, 0.5) is 4.79 Å². The van der Waals surface area contributed by atoms with E-state index in [2.05, 4.69) is 5.32 Å². The van der Waals surface area contributed by atoms with Gasteiger partial charge in [-0.1, -0.05) is 6.07 Å². The number of phenols is 1. The number of amides is 1. The number of carbonyl (C=O) groups excluding carboxylic acids is 2. The van der Waals surface area contributed by atoms with E-state index in [-0.39, 0.29) is 25.0 Å². The van der Waals surface area contributed by atoms with Crippen molar-refractivity contribution in [3.05, 3.63) is 26.8 Å². The smallest absolute Gasteiger partial charge is 0.407 e. The first kappa shape index (κ1) is 24.5. The number of aromatic hydroxyl groups is 1. The summed E-state index contributed by atoms with van der Waals surface area (Å²) in [6, 6.07) is 3.52. The molecule has 1 rings (SSSR count). The zero-order valence-corrected chi connectivity index (χ0v) is 19.5. The lowest BCUT2D eigenvalue weighted by atomic mass is 10.0. The summed E-state index contributed by atoms with van der Waals surface area (Å²) in [6.07, 6.45) is -1.15. The van der Waals surface area contributed by atoms with Crippen LogP contribution in [0.3, 0.4) is 0 Å². The lowest BCUT2D eigenvalue weighted by Gasteiger charge is -2.21. The second-order valence-electron chi connectivity index (χ2n) is 7.57. The minimum Gasteiger partial charge on any atom is -0.506 e. The standard InChI is InChI=1S/C20H30INO6/c1-7-26-18(24)16(27-12(2)3)10-13-8-14(17(23)15(21)9-13)11-22-19(25)28-20(4,5)6/h8-9,12,16,23H,7,10-11H2,1-6H3,(H,22,25). The Morgan fingerprint density at radius 2 is 1.89 bits per heavy atom. The highest BCUT2D eigenvalue weighted by molar-refractivity contribution is 14.1. The number of hydrogen-bond acceptors (Lipinski definition) is 6. The van der Waals surface area contributed by atoms with Crippen molar-refractivity contribution in [2.24, 2.45) is 0 Å². The van der Waals surface area contributed by atoms with Gasteiger partial charge in [0.1, 0.15) is 11.4 Å². The molecule has 8 heteroatoms. The molecule has 0 saturated heterocycles. The molecule has 0 spiro atoms. The van der Waals surface area contributed by atoms with Gasteiger partial charge >= 0.3 is 12.1 Å². The maximum absolute atomic E-state index is 12.2. The van der Waals surface area contributed by atoms with Gasteiger partial charge in [0, 0.05) is 18.5 Å². The Labute approximate surface area is 180 Å². The predicted molar refractivity (Wildman–Crippen MR) is 114 cm³/mol. The molecule has 0 heterocycles. The number of rotatable bonds is 8. The van der Waals surface area contributed by atoms with Crippen LogP contribution in [0.2, 0.25) is 0 Å². The van der Waals surface area contributed by atoms with E-state index in [0.29, 0.717) is 15.6 Å². The van der Waals surface area contributed by atoms with Gasteiger partial charge in [-0.2, -0.15) is 0 Å². The summed E-state index contributed by atoms with van der Waals surface area (Å²) in [6.45, 7) is 11.1. The summed E-state index contributed by atoms with van der Waals surface area (Å²) >= 11 is 2.01. The highest BCUT2D eigenvalue weighted by Crippen LogP contribution is 2.27. The van der Waals surface area contributed by atoms with E-state index < -0.39 is 23.8 Å². The SMILES string of the molecule is CCOC(=O)C(Cc1cc(I)c(O)c(CNC(=O)OC(C)(C)C)c1)OC(C)C. The zero-order valence-electron chi connectivity index (χ0n) is 17.3. The van der Waals surface area contributed by atoms with Gasteiger partial charge in [0.05, 0.1) is 16.3 Å². The van der Waals surface area contributed by atoms with Gasteiger partial charge in [-0.05, 0) is 75.8 Å². The minimum absolute atomic E-state index is 0.0814. The van der Waals surface area contributed by atoms with Crippen molar-refractivity contribution in [1.82, 2.24) is 5.32 Å². The molecule has 0 saturated carbocycles. The van der Waals surface area contributed by atoms with Crippen molar-refractivity contribution in [3.63, 3.8) is 0 Å². The molecule has 0 aliphatic rings. The van der Waals surface area contributed by atoms with Crippen LogP contribution < -0.4 is 5.32 Å². The average molecular weight is 507 g/mol. The Hall–Kier alpha value is -1.55. The molecule has 158 valence electrons. The molecular weight excluding hydrogens is 477 g/mol. The molecule has 0 aliphatic carbocycles. The van der Waals surface area contributed by atoms with Gasteiger partial charge in [0.2, 0.25) is 0 Å². The van der Waals surface area contributed by atoms with Gasteiger partial charge in [0.15, 0.2) is 6.10 Å². The lowest BCUT2D eigenvalue weighted by Crippen LogP contribution is -2.32. The Balaban J connectivity index is 2.95. The number of ether oxygens (including phenoxy) is 3. The number of hydrogen-bond donors (Lipinski definition) is 2. The Kier molecular flexibility index (Phi) is 9.49. The molecule has 1 atom stereocenters. The van der Waals surface area contributed by atoms with Crippen LogP contribution in [0.25, 0.3) is 0 Å². The lowest BCUT2D eigenvalue weighted by molar-refractivity contribution is -0.159. The first-order valence-corrected chi connectivity index (χ1v) is 10.3. The van der Waals surface area contributed by atoms with Crippen LogP contribution >= 0.6 is 22.6 Å². The topological polar surface area (TPSA) is 94.1 Å². The number of nitrogens with one attached hydrogen (secondary N) is 1. The summed E-state index contributed by atoms with van der Waals surface area (Å²) in [5.41, 5.74) is 0.713. The average Bonchev–Trinajstić information content (AvgIpc) is 2.54. The minimum atomic E-state index is -0.744. The second kappa shape index (κ2) is 10.8. The summed E-state index contributed by atoms with van der Waals surface area (Å²) in [4.78, 5) is 24.1. The third-order valence-corrected chi connectivity index (χ3v) is 4.25. The van der Waals surface area contributed by atoms with Gasteiger partial charge in [-0.3, -0.25) is 0 Å². The van der Waals surface area contributed by atoms with E-state index in [1.807, 2.05) is 36.4 Å². The molecule has 0 fully saturated rings. The molecule has 7 nitrogen and oxygen atoms in total. The number of benzene rings is 1. The van der Waals surface area contributed by atoms with Gasteiger partial charge in [0.25, 0.3) is 0 Å². The highest BCUT2D eigenvalue weighted by Gasteiger charge is 2.24. The monoisotopic (exact) mass is 507 g/mol. The van der Waals surface area contributed by atoms with E-state index in [4.69, 9.17) is 14.2 Å². The van der Waals surface area contributed by atoms with Crippen molar-refractivity contribution >= 4 is 34.7 Å². The van der Waals surface area contributed by atoms with Crippen molar-refractivity contribution in [1.29, 1.82) is 0 Å². The van der Waals surface area contributed by atoms with E-state index in [1.54, 1.807) is 39.8 Å². The number of carbonyl (C=O) groups is 2. The Morgan fingerprint density at radius 1 is 1.25 bits per heavy atom. The number of esters is 1. The molecule has 1 amide bonds. The molecule has 0 bridgehead atoms. The first-order valence-electron chi connectivity index (χ1n) is 9.22. The van der Waals surface area contributed by atoms with Gasteiger partial charge in [-0.15, -0.1) is 0 Å². The second-order valence-corrected chi connectivity index (χ2v) is 8.73. The molecule has 1 aromatic carbocycles. The maximum Gasteiger partial charge on any atom is 0.407 e.